The van der Waals surface area contributed by atoms with Crippen molar-refractivity contribution in [3.05, 3.63) is 35.0 Å². The Morgan fingerprint density at radius 1 is 1.20 bits per heavy atom. The summed E-state index contributed by atoms with van der Waals surface area (Å²) in [6.45, 7) is 0. The lowest BCUT2D eigenvalue weighted by Gasteiger charge is -2.17. The highest BCUT2D eigenvalue weighted by Crippen LogP contribution is 2.38. The van der Waals surface area contributed by atoms with E-state index in [2.05, 4.69) is 15.3 Å². The number of anilines is 2. The Morgan fingerprint density at radius 2 is 1.84 bits per heavy atom. The summed E-state index contributed by atoms with van der Waals surface area (Å²) in [6.07, 6.45) is -0.194. The fourth-order valence-electron chi connectivity index (χ4n) is 2.31. The van der Waals surface area contributed by atoms with Gasteiger partial charge >= 0.3 is 0 Å². The molecule has 0 amide bonds. The molecule has 3 rings (SSSR count). The van der Waals surface area contributed by atoms with Crippen LogP contribution in [0.1, 0.15) is 11.8 Å². The maximum Gasteiger partial charge on any atom is 0.191 e. The minimum atomic E-state index is -1.44. The third kappa shape index (κ3) is 2.89. The largest absolute Gasteiger partial charge is 0.493 e. The van der Waals surface area contributed by atoms with Crippen LogP contribution in [-0.2, 0) is 0 Å². The maximum absolute atomic E-state index is 14.4. The molecule has 1 unspecified atom stereocenters. The van der Waals surface area contributed by atoms with Gasteiger partial charge in [-0.05, 0) is 0 Å². The molecule has 0 saturated heterocycles. The highest BCUT2D eigenvalue weighted by atomic mass is 32.1. The van der Waals surface area contributed by atoms with Crippen LogP contribution >= 0.6 is 11.3 Å². The number of fused-ring (bicyclic) bond motifs is 1. The highest BCUT2D eigenvalue weighted by Gasteiger charge is 2.24. The van der Waals surface area contributed by atoms with Crippen molar-refractivity contribution < 1.29 is 23.4 Å². The third-order valence-corrected chi connectivity index (χ3v) is 4.57. The van der Waals surface area contributed by atoms with Crippen molar-refractivity contribution >= 4 is 33.1 Å². The summed E-state index contributed by atoms with van der Waals surface area (Å²) in [4.78, 5) is 7.92. The summed E-state index contributed by atoms with van der Waals surface area (Å²) < 4.78 is 39.1. The lowest BCUT2D eigenvalue weighted by atomic mass is 10.2. The first-order valence-electron chi connectivity index (χ1n) is 7.00. The molecule has 0 aliphatic carbocycles. The Bertz CT molecular complexity index is 907. The number of aromatic nitrogens is 2. The zero-order chi connectivity index (χ0) is 18.1. The molecule has 1 aromatic carbocycles. The molecule has 0 saturated carbocycles. The van der Waals surface area contributed by atoms with Crippen LogP contribution in [0, 0.1) is 11.6 Å². The van der Waals surface area contributed by atoms with E-state index in [0.717, 1.165) is 6.07 Å². The zero-order valence-electron chi connectivity index (χ0n) is 13.2. The van der Waals surface area contributed by atoms with Gasteiger partial charge in [-0.25, -0.2) is 18.7 Å². The summed E-state index contributed by atoms with van der Waals surface area (Å²) in [5, 5.41) is 14.4. The molecule has 3 aromatic rings. The number of halogens is 2. The number of hydrogen-bond donors (Lipinski definition) is 3. The quantitative estimate of drug-likeness (QED) is 0.595. The van der Waals surface area contributed by atoms with Gasteiger partial charge in [0.05, 0.1) is 24.4 Å². The van der Waals surface area contributed by atoms with Crippen molar-refractivity contribution in [2.24, 2.45) is 0 Å². The minimum absolute atomic E-state index is 0.227. The Balaban J connectivity index is 2.03. The fourth-order valence-corrected chi connectivity index (χ4v) is 3.25. The molecule has 0 fully saturated rings. The second kappa shape index (κ2) is 6.65. The summed E-state index contributed by atoms with van der Waals surface area (Å²) in [7, 11) is 2.48. The van der Waals surface area contributed by atoms with Crippen LogP contribution in [0.3, 0.4) is 0 Å². The number of benzene rings is 1. The van der Waals surface area contributed by atoms with Gasteiger partial charge in [0.2, 0.25) is 0 Å². The minimum Gasteiger partial charge on any atom is -0.493 e. The van der Waals surface area contributed by atoms with E-state index in [4.69, 9.17) is 15.2 Å². The SMILES string of the molecule is COc1cc(OC)c(F)c(NC(O)c2csc3c(N)ncnc23)c1F. The number of hydrogen-bond acceptors (Lipinski definition) is 8. The van der Waals surface area contributed by atoms with Crippen LogP contribution in [0.5, 0.6) is 11.5 Å². The normalized spacial score (nSPS) is 12.2. The second-order valence-electron chi connectivity index (χ2n) is 4.96. The Labute approximate surface area is 145 Å². The number of rotatable bonds is 5. The van der Waals surface area contributed by atoms with E-state index in [1.165, 1.54) is 31.9 Å². The number of nitrogens with one attached hydrogen (secondary N) is 1. The molecule has 0 radical (unpaired) electrons. The zero-order valence-corrected chi connectivity index (χ0v) is 14.0. The van der Waals surface area contributed by atoms with E-state index in [0.29, 0.717) is 15.8 Å². The molecule has 132 valence electrons. The first-order valence-corrected chi connectivity index (χ1v) is 7.88. The summed E-state index contributed by atoms with van der Waals surface area (Å²) in [5.74, 6) is -2.18. The fraction of sp³-hybridized carbons (Fsp3) is 0.200. The molecule has 2 aromatic heterocycles. The van der Waals surface area contributed by atoms with E-state index in [1.54, 1.807) is 5.38 Å². The molecular formula is C15H14F2N4O3S. The topological polar surface area (TPSA) is 103 Å². The van der Waals surface area contributed by atoms with E-state index < -0.39 is 23.5 Å². The van der Waals surface area contributed by atoms with Crippen molar-refractivity contribution in [3.63, 3.8) is 0 Å². The first kappa shape index (κ1) is 17.1. The van der Waals surface area contributed by atoms with Gasteiger partial charge < -0.3 is 25.6 Å². The molecule has 25 heavy (non-hydrogen) atoms. The Kier molecular flexibility index (Phi) is 4.55. The van der Waals surface area contributed by atoms with Crippen molar-refractivity contribution in [1.29, 1.82) is 0 Å². The average Bonchev–Trinajstić information content (AvgIpc) is 3.04. The average molecular weight is 368 g/mol. The standard InChI is InChI=1S/C15H14F2N4O3S/c1-23-7-3-8(24-2)10(17)12(9(7)16)21-15(22)6-4-25-13-11(6)19-5-20-14(13)18/h3-5,15,21-22H,1-2H3,(H2,18,19,20). The van der Waals surface area contributed by atoms with Crippen molar-refractivity contribution in [3.8, 4) is 11.5 Å². The number of nitrogens with zero attached hydrogens (tertiary/aromatic N) is 2. The summed E-state index contributed by atoms with van der Waals surface area (Å²) in [5.41, 5.74) is 5.88. The maximum atomic E-state index is 14.4. The summed E-state index contributed by atoms with van der Waals surface area (Å²) >= 11 is 1.22. The number of ether oxygens (including phenoxy) is 2. The number of aliphatic hydroxyl groups is 1. The molecule has 2 heterocycles. The van der Waals surface area contributed by atoms with E-state index >= 15 is 0 Å². The van der Waals surface area contributed by atoms with Gasteiger partial charge in [-0.15, -0.1) is 11.3 Å². The first-order chi connectivity index (χ1) is 12.0. The molecule has 0 aliphatic rings. The van der Waals surface area contributed by atoms with Crippen LogP contribution in [0.25, 0.3) is 10.2 Å². The number of aliphatic hydroxyl groups excluding tert-OH is 1. The Hall–Kier alpha value is -2.72. The summed E-state index contributed by atoms with van der Waals surface area (Å²) in [6, 6.07) is 1.08. The van der Waals surface area contributed by atoms with Crippen molar-refractivity contribution in [1.82, 2.24) is 9.97 Å². The van der Waals surface area contributed by atoms with Gasteiger partial charge in [-0.3, -0.25) is 0 Å². The van der Waals surface area contributed by atoms with Crippen LogP contribution in [0.4, 0.5) is 20.3 Å². The van der Waals surface area contributed by atoms with Gasteiger partial charge in [-0.2, -0.15) is 0 Å². The molecule has 1 atom stereocenters. The lowest BCUT2D eigenvalue weighted by molar-refractivity contribution is 0.208. The van der Waals surface area contributed by atoms with Crippen LogP contribution in [-0.4, -0.2) is 29.3 Å². The molecule has 0 spiro atoms. The number of nitrogen functional groups attached to an aromatic ring is 1. The number of nitrogens with two attached hydrogens (primary N) is 1. The van der Waals surface area contributed by atoms with E-state index in [1.807, 2.05) is 0 Å². The third-order valence-electron chi connectivity index (χ3n) is 3.56. The Morgan fingerprint density at radius 3 is 2.44 bits per heavy atom. The van der Waals surface area contributed by atoms with Gasteiger partial charge in [0, 0.05) is 17.0 Å². The monoisotopic (exact) mass is 368 g/mol. The number of thiophene rings is 1. The predicted molar refractivity (Wildman–Crippen MR) is 89.9 cm³/mol. The van der Waals surface area contributed by atoms with Crippen LogP contribution < -0.4 is 20.5 Å². The number of methoxy groups -OCH3 is 2. The molecular weight excluding hydrogens is 354 g/mol. The van der Waals surface area contributed by atoms with Gasteiger partial charge in [0.1, 0.15) is 17.8 Å². The molecule has 10 heteroatoms. The van der Waals surface area contributed by atoms with Gasteiger partial charge in [0.25, 0.3) is 0 Å². The van der Waals surface area contributed by atoms with Gasteiger partial charge in [0.15, 0.2) is 29.4 Å². The molecule has 4 N–H and O–H groups in total. The van der Waals surface area contributed by atoms with Crippen LogP contribution in [0.15, 0.2) is 17.8 Å². The predicted octanol–water partition coefficient (Wildman–Crippen LogP) is 2.67. The molecule has 0 aliphatic heterocycles. The van der Waals surface area contributed by atoms with Crippen molar-refractivity contribution in [2.75, 3.05) is 25.3 Å². The second-order valence-corrected chi connectivity index (χ2v) is 5.84. The highest BCUT2D eigenvalue weighted by molar-refractivity contribution is 7.17. The molecule has 7 nitrogen and oxygen atoms in total. The molecule has 0 bridgehead atoms. The van der Waals surface area contributed by atoms with Gasteiger partial charge in [-0.1, -0.05) is 0 Å². The smallest absolute Gasteiger partial charge is 0.191 e. The van der Waals surface area contributed by atoms with E-state index in [9.17, 15) is 13.9 Å². The van der Waals surface area contributed by atoms with Crippen LogP contribution in [0.2, 0.25) is 0 Å². The van der Waals surface area contributed by atoms with Crippen molar-refractivity contribution in [2.45, 2.75) is 6.23 Å². The van der Waals surface area contributed by atoms with E-state index in [-0.39, 0.29) is 17.3 Å². The lowest BCUT2D eigenvalue weighted by Crippen LogP contribution is -2.13.